The summed E-state index contributed by atoms with van der Waals surface area (Å²) in [6, 6.07) is 10.5. The third kappa shape index (κ3) is 3.40. The van der Waals surface area contributed by atoms with E-state index in [9.17, 15) is 9.18 Å². The summed E-state index contributed by atoms with van der Waals surface area (Å²) in [6.07, 6.45) is 5.90. The van der Waals surface area contributed by atoms with Crippen molar-refractivity contribution in [2.24, 2.45) is 5.92 Å². The quantitative estimate of drug-likeness (QED) is 0.794. The summed E-state index contributed by atoms with van der Waals surface area (Å²) in [5.41, 5.74) is 2.94. The molecule has 5 heteroatoms. The van der Waals surface area contributed by atoms with Crippen LogP contribution in [-0.4, -0.2) is 33.9 Å². The molecule has 1 amide bonds. The van der Waals surface area contributed by atoms with Gasteiger partial charge in [-0.05, 0) is 54.2 Å². The molecule has 1 aromatic carbocycles. The van der Waals surface area contributed by atoms with Crippen molar-refractivity contribution in [2.45, 2.75) is 19.3 Å². The van der Waals surface area contributed by atoms with Crippen molar-refractivity contribution in [2.75, 3.05) is 13.1 Å². The molecule has 3 heterocycles. The highest BCUT2D eigenvalue weighted by molar-refractivity contribution is 5.87. The summed E-state index contributed by atoms with van der Waals surface area (Å²) in [7, 11) is 0. The van der Waals surface area contributed by atoms with Crippen molar-refractivity contribution in [3.63, 3.8) is 0 Å². The normalized spacial score (nSPS) is 17.3. The molecule has 1 atom stereocenters. The molecule has 1 unspecified atom stereocenters. The SMILES string of the molecule is O=C(Cc1c[nH]c2ncccc12)N1CCC(Cc2ccc(F)cc2)C1. The fourth-order valence-corrected chi connectivity index (χ4v) is 3.61. The first-order valence-corrected chi connectivity index (χ1v) is 8.62. The van der Waals surface area contributed by atoms with Crippen molar-refractivity contribution < 1.29 is 9.18 Å². The van der Waals surface area contributed by atoms with Gasteiger partial charge in [-0.25, -0.2) is 9.37 Å². The Morgan fingerprint density at radius 2 is 2.12 bits per heavy atom. The molecule has 2 aromatic heterocycles. The highest BCUT2D eigenvalue weighted by atomic mass is 19.1. The summed E-state index contributed by atoms with van der Waals surface area (Å²) in [5, 5.41) is 1.01. The maximum Gasteiger partial charge on any atom is 0.227 e. The summed E-state index contributed by atoms with van der Waals surface area (Å²) in [6.45, 7) is 1.57. The average molecular weight is 337 g/mol. The topological polar surface area (TPSA) is 49.0 Å². The van der Waals surface area contributed by atoms with Crippen LogP contribution in [0.1, 0.15) is 17.5 Å². The van der Waals surface area contributed by atoms with E-state index < -0.39 is 0 Å². The van der Waals surface area contributed by atoms with Gasteiger partial charge >= 0.3 is 0 Å². The molecule has 0 spiro atoms. The fourth-order valence-electron chi connectivity index (χ4n) is 3.61. The van der Waals surface area contributed by atoms with Gasteiger partial charge in [0.25, 0.3) is 0 Å². The van der Waals surface area contributed by atoms with E-state index in [4.69, 9.17) is 0 Å². The first-order valence-electron chi connectivity index (χ1n) is 8.62. The maximum absolute atomic E-state index is 13.0. The van der Waals surface area contributed by atoms with E-state index in [0.29, 0.717) is 12.3 Å². The highest BCUT2D eigenvalue weighted by Crippen LogP contribution is 2.23. The number of likely N-dealkylation sites (tertiary alicyclic amines) is 1. The number of rotatable bonds is 4. The molecule has 4 rings (SSSR count). The Bertz CT molecular complexity index is 887. The predicted molar refractivity (Wildman–Crippen MR) is 94.6 cm³/mol. The summed E-state index contributed by atoms with van der Waals surface area (Å²) in [4.78, 5) is 22.0. The molecule has 4 nitrogen and oxygen atoms in total. The zero-order valence-electron chi connectivity index (χ0n) is 13.9. The van der Waals surface area contributed by atoms with Crippen LogP contribution >= 0.6 is 0 Å². The zero-order chi connectivity index (χ0) is 17.2. The maximum atomic E-state index is 13.0. The summed E-state index contributed by atoms with van der Waals surface area (Å²) in [5.74, 6) is 0.394. The van der Waals surface area contributed by atoms with Crippen LogP contribution in [0.3, 0.4) is 0 Å². The number of hydrogen-bond acceptors (Lipinski definition) is 2. The smallest absolute Gasteiger partial charge is 0.227 e. The van der Waals surface area contributed by atoms with Crippen LogP contribution in [0.2, 0.25) is 0 Å². The van der Waals surface area contributed by atoms with Crippen molar-refractivity contribution in [3.05, 3.63) is 65.7 Å². The fraction of sp³-hybridized carbons (Fsp3) is 0.300. The number of H-pyrrole nitrogens is 1. The Labute approximate surface area is 145 Å². The van der Waals surface area contributed by atoms with Crippen LogP contribution in [0.15, 0.2) is 48.8 Å². The molecule has 25 heavy (non-hydrogen) atoms. The van der Waals surface area contributed by atoms with Crippen LogP contribution < -0.4 is 0 Å². The minimum atomic E-state index is -0.208. The Balaban J connectivity index is 1.38. The van der Waals surface area contributed by atoms with Gasteiger partial charge < -0.3 is 9.88 Å². The number of carbonyl (C=O) groups excluding carboxylic acids is 1. The first-order chi connectivity index (χ1) is 12.2. The van der Waals surface area contributed by atoms with Crippen molar-refractivity contribution in [1.82, 2.24) is 14.9 Å². The van der Waals surface area contributed by atoms with E-state index in [0.717, 1.165) is 48.1 Å². The molecule has 1 aliphatic rings. The Morgan fingerprint density at radius 3 is 2.96 bits per heavy atom. The average Bonchev–Trinajstić information content (AvgIpc) is 3.25. The van der Waals surface area contributed by atoms with E-state index in [1.165, 1.54) is 12.1 Å². The number of hydrogen-bond donors (Lipinski definition) is 1. The third-order valence-electron chi connectivity index (χ3n) is 4.95. The number of nitrogens with one attached hydrogen (secondary N) is 1. The van der Waals surface area contributed by atoms with Gasteiger partial charge in [-0.1, -0.05) is 12.1 Å². The number of aromatic nitrogens is 2. The van der Waals surface area contributed by atoms with Crippen LogP contribution in [0, 0.1) is 11.7 Å². The molecular weight excluding hydrogens is 317 g/mol. The molecule has 0 aliphatic carbocycles. The molecule has 1 aliphatic heterocycles. The zero-order valence-corrected chi connectivity index (χ0v) is 13.9. The van der Waals surface area contributed by atoms with Gasteiger partial charge in [-0.2, -0.15) is 0 Å². The molecule has 3 aromatic rings. The van der Waals surface area contributed by atoms with Crippen molar-refractivity contribution in [3.8, 4) is 0 Å². The lowest BCUT2D eigenvalue weighted by Gasteiger charge is -2.16. The predicted octanol–water partition coefficient (Wildman–Crippen LogP) is 3.34. The number of pyridine rings is 1. The van der Waals surface area contributed by atoms with E-state index >= 15 is 0 Å². The molecule has 0 radical (unpaired) electrons. The van der Waals surface area contributed by atoms with Gasteiger partial charge in [0, 0.05) is 30.9 Å². The summed E-state index contributed by atoms with van der Waals surface area (Å²) < 4.78 is 13.0. The van der Waals surface area contributed by atoms with Crippen LogP contribution in [0.25, 0.3) is 11.0 Å². The van der Waals surface area contributed by atoms with Gasteiger partial charge in [0.1, 0.15) is 11.5 Å². The Morgan fingerprint density at radius 1 is 1.28 bits per heavy atom. The number of aromatic amines is 1. The first kappa shape index (κ1) is 15.8. The lowest BCUT2D eigenvalue weighted by atomic mass is 9.99. The molecule has 1 N–H and O–H groups in total. The van der Waals surface area contributed by atoms with Crippen molar-refractivity contribution >= 4 is 16.9 Å². The van der Waals surface area contributed by atoms with Gasteiger partial charge in [-0.15, -0.1) is 0 Å². The lowest BCUT2D eigenvalue weighted by molar-refractivity contribution is -0.129. The number of benzene rings is 1. The Hall–Kier alpha value is -2.69. The number of amides is 1. The highest BCUT2D eigenvalue weighted by Gasteiger charge is 2.26. The number of halogens is 1. The Kier molecular flexibility index (Phi) is 4.22. The van der Waals surface area contributed by atoms with Gasteiger partial charge in [0.15, 0.2) is 0 Å². The second-order valence-corrected chi connectivity index (χ2v) is 6.72. The van der Waals surface area contributed by atoms with E-state index in [-0.39, 0.29) is 11.7 Å². The minimum Gasteiger partial charge on any atom is -0.346 e. The second kappa shape index (κ2) is 6.67. The number of carbonyl (C=O) groups is 1. The summed E-state index contributed by atoms with van der Waals surface area (Å²) >= 11 is 0. The van der Waals surface area contributed by atoms with Gasteiger partial charge in [-0.3, -0.25) is 4.79 Å². The van der Waals surface area contributed by atoms with Crippen molar-refractivity contribution in [1.29, 1.82) is 0 Å². The molecule has 0 bridgehead atoms. The second-order valence-electron chi connectivity index (χ2n) is 6.72. The molecular formula is C20H20FN3O. The monoisotopic (exact) mass is 337 g/mol. The van der Waals surface area contributed by atoms with Gasteiger partial charge in [0.2, 0.25) is 5.91 Å². The largest absolute Gasteiger partial charge is 0.346 e. The standard InChI is InChI=1S/C20H20FN3O/c21-17-5-3-14(4-6-17)10-15-7-9-24(13-15)19(25)11-16-12-23-20-18(16)2-1-8-22-20/h1-6,8,12,15H,7,9-11,13H2,(H,22,23). The number of fused-ring (bicyclic) bond motifs is 1. The van der Waals surface area contributed by atoms with Crippen LogP contribution in [0.4, 0.5) is 4.39 Å². The third-order valence-corrected chi connectivity index (χ3v) is 4.95. The van der Waals surface area contributed by atoms with E-state index in [1.807, 2.05) is 35.4 Å². The van der Waals surface area contributed by atoms with Gasteiger partial charge in [0.05, 0.1) is 6.42 Å². The molecule has 1 fully saturated rings. The lowest BCUT2D eigenvalue weighted by Crippen LogP contribution is -2.30. The molecule has 1 saturated heterocycles. The van der Waals surface area contributed by atoms with Crippen LogP contribution in [0.5, 0.6) is 0 Å². The van der Waals surface area contributed by atoms with E-state index in [2.05, 4.69) is 9.97 Å². The van der Waals surface area contributed by atoms with E-state index in [1.54, 1.807) is 6.20 Å². The van der Waals surface area contributed by atoms with Crippen LogP contribution in [-0.2, 0) is 17.6 Å². The number of nitrogens with zero attached hydrogens (tertiary/aromatic N) is 2. The minimum absolute atomic E-state index is 0.159. The molecule has 0 saturated carbocycles. The molecule has 128 valence electrons.